The molecule has 0 amide bonds. The van der Waals surface area contributed by atoms with E-state index < -0.39 is 10.0 Å². The minimum atomic E-state index is -3.93. The highest BCUT2D eigenvalue weighted by Crippen LogP contribution is 2.41. The highest BCUT2D eigenvalue weighted by atomic mass is 32.2. The lowest BCUT2D eigenvalue weighted by Crippen LogP contribution is -2.14. The summed E-state index contributed by atoms with van der Waals surface area (Å²) in [7, 11) is 1.98. The molecule has 0 unspecified atom stereocenters. The number of ether oxygens (including phenoxy) is 4. The molecule has 0 heterocycles. The van der Waals surface area contributed by atoms with E-state index in [1.54, 1.807) is 48.6 Å². The van der Waals surface area contributed by atoms with Crippen molar-refractivity contribution in [1.29, 1.82) is 0 Å². The van der Waals surface area contributed by atoms with Crippen LogP contribution >= 0.6 is 0 Å². The average molecular weight is 472 g/mol. The Morgan fingerprint density at radius 3 is 1.94 bits per heavy atom. The van der Waals surface area contributed by atoms with Crippen molar-refractivity contribution in [2.24, 2.45) is 0 Å². The molecule has 0 radical (unpaired) electrons. The Morgan fingerprint density at radius 2 is 1.39 bits per heavy atom. The second-order valence-electron chi connectivity index (χ2n) is 6.79. The maximum atomic E-state index is 12.9. The van der Waals surface area contributed by atoms with Gasteiger partial charge in [-0.1, -0.05) is 30.4 Å². The zero-order chi connectivity index (χ0) is 24.0. The second kappa shape index (κ2) is 10.2. The lowest BCUT2D eigenvalue weighted by molar-refractivity contribution is 0.324. The molecule has 3 rings (SSSR count). The van der Waals surface area contributed by atoms with E-state index in [-0.39, 0.29) is 22.1 Å². The van der Waals surface area contributed by atoms with Crippen LogP contribution in [0.1, 0.15) is 11.1 Å². The molecule has 0 aromatic heterocycles. The van der Waals surface area contributed by atoms with E-state index in [4.69, 9.17) is 18.9 Å². The first-order chi connectivity index (χ1) is 15.8. The monoisotopic (exact) mass is 471 g/mol. The summed E-state index contributed by atoms with van der Waals surface area (Å²) in [4.78, 5) is 0.0787. The van der Waals surface area contributed by atoms with Crippen LogP contribution in [0.15, 0.2) is 59.5 Å². The summed E-state index contributed by atoms with van der Waals surface area (Å²) >= 11 is 0. The summed E-state index contributed by atoms with van der Waals surface area (Å²) in [6.07, 6.45) is 3.43. The largest absolute Gasteiger partial charge is 0.504 e. The van der Waals surface area contributed by atoms with Crippen molar-refractivity contribution in [2.45, 2.75) is 4.90 Å². The SMILES string of the molecule is COc1cc(C=Cc2ccc(O)c(OC)c2NS(=O)(=O)c2ccccc2)cc(OC)c1OC. The number of rotatable bonds is 9. The lowest BCUT2D eigenvalue weighted by Gasteiger charge is -2.16. The average Bonchev–Trinajstić information content (AvgIpc) is 2.83. The Kier molecular flexibility index (Phi) is 7.34. The van der Waals surface area contributed by atoms with E-state index in [9.17, 15) is 13.5 Å². The second-order valence-corrected chi connectivity index (χ2v) is 8.48. The van der Waals surface area contributed by atoms with Crippen molar-refractivity contribution in [2.75, 3.05) is 33.2 Å². The number of benzene rings is 3. The van der Waals surface area contributed by atoms with Gasteiger partial charge >= 0.3 is 0 Å². The van der Waals surface area contributed by atoms with E-state index in [0.717, 1.165) is 0 Å². The minimum absolute atomic E-state index is 0.00143. The van der Waals surface area contributed by atoms with E-state index in [1.165, 1.54) is 46.6 Å². The smallest absolute Gasteiger partial charge is 0.262 e. The summed E-state index contributed by atoms with van der Waals surface area (Å²) in [5.41, 5.74) is 1.29. The predicted octanol–water partition coefficient (Wildman–Crippen LogP) is 4.40. The predicted molar refractivity (Wildman–Crippen MR) is 127 cm³/mol. The standard InChI is InChI=1S/C24H25NO7S/c1-29-20-14-16(15-21(30-2)24(20)32-4)10-11-17-12-13-19(26)23(31-3)22(17)25-33(27,28)18-8-6-5-7-9-18/h5-15,25-26H,1-4H3. The van der Waals surface area contributed by atoms with Crippen molar-refractivity contribution in [3.63, 3.8) is 0 Å². The Bertz CT molecular complexity index is 1230. The minimum Gasteiger partial charge on any atom is -0.504 e. The summed E-state index contributed by atoms with van der Waals surface area (Å²) in [5, 5.41) is 10.2. The van der Waals surface area contributed by atoms with E-state index in [2.05, 4.69) is 4.72 Å². The van der Waals surface area contributed by atoms with Crippen LogP contribution in [0.25, 0.3) is 12.2 Å². The van der Waals surface area contributed by atoms with Crippen LogP contribution in [0.4, 0.5) is 5.69 Å². The van der Waals surface area contributed by atoms with Gasteiger partial charge < -0.3 is 24.1 Å². The van der Waals surface area contributed by atoms with Gasteiger partial charge in [0.15, 0.2) is 23.0 Å². The van der Waals surface area contributed by atoms with E-state index in [1.807, 2.05) is 0 Å². The molecule has 0 atom stereocenters. The van der Waals surface area contributed by atoms with Crippen LogP contribution in [-0.4, -0.2) is 42.0 Å². The molecule has 33 heavy (non-hydrogen) atoms. The molecule has 0 bridgehead atoms. The van der Waals surface area contributed by atoms with Gasteiger partial charge in [-0.3, -0.25) is 4.72 Å². The van der Waals surface area contributed by atoms with Gasteiger partial charge in [-0.15, -0.1) is 0 Å². The third kappa shape index (κ3) is 5.15. The van der Waals surface area contributed by atoms with Gasteiger partial charge in [0.05, 0.1) is 33.3 Å². The van der Waals surface area contributed by atoms with Gasteiger partial charge in [-0.25, -0.2) is 8.42 Å². The Labute approximate surface area is 193 Å². The summed E-state index contributed by atoms with van der Waals surface area (Å²) in [6, 6.07) is 14.4. The number of hydrogen-bond donors (Lipinski definition) is 2. The number of phenols is 1. The molecule has 0 fully saturated rings. The zero-order valence-corrected chi connectivity index (χ0v) is 19.5. The first-order valence-electron chi connectivity index (χ1n) is 9.80. The zero-order valence-electron chi connectivity index (χ0n) is 18.7. The number of nitrogens with one attached hydrogen (secondary N) is 1. The molecule has 0 aliphatic heterocycles. The Morgan fingerprint density at radius 1 is 0.788 bits per heavy atom. The summed E-state index contributed by atoms with van der Waals surface area (Å²) in [6.45, 7) is 0. The quantitative estimate of drug-likeness (QED) is 0.446. The number of methoxy groups -OCH3 is 4. The number of phenolic OH excluding ortho intramolecular Hbond substituents is 1. The maximum Gasteiger partial charge on any atom is 0.262 e. The maximum absolute atomic E-state index is 12.9. The highest BCUT2D eigenvalue weighted by Gasteiger charge is 2.20. The van der Waals surface area contributed by atoms with Gasteiger partial charge in [0.2, 0.25) is 5.75 Å². The van der Waals surface area contributed by atoms with Crippen LogP contribution in [0.2, 0.25) is 0 Å². The summed E-state index contributed by atoms with van der Waals surface area (Å²) < 4.78 is 49.8. The fraction of sp³-hybridized carbons (Fsp3) is 0.167. The van der Waals surface area contributed by atoms with Gasteiger partial charge in [-0.05, 0) is 42.0 Å². The van der Waals surface area contributed by atoms with E-state index in [0.29, 0.717) is 28.4 Å². The molecule has 3 aromatic rings. The van der Waals surface area contributed by atoms with Crippen molar-refractivity contribution < 1.29 is 32.5 Å². The molecule has 8 nitrogen and oxygen atoms in total. The number of sulfonamides is 1. The molecule has 0 aliphatic carbocycles. The van der Waals surface area contributed by atoms with Gasteiger partial charge in [0, 0.05) is 5.56 Å². The van der Waals surface area contributed by atoms with Crippen molar-refractivity contribution >= 4 is 27.9 Å². The third-order valence-corrected chi connectivity index (χ3v) is 6.17. The van der Waals surface area contributed by atoms with Crippen LogP contribution in [0.3, 0.4) is 0 Å². The molecule has 0 spiro atoms. The van der Waals surface area contributed by atoms with Crippen molar-refractivity contribution in [3.8, 4) is 28.7 Å². The fourth-order valence-corrected chi connectivity index (χ4v) is 4.33. The molecule has 9 heteroatoms. The Balaban J connectivity index is 2.07. The molecule has 174 valence electrons. The lowest BCUT2D eigenvalue weighted by atomic mass is 10.1. The number of aromatic hydroxyl groups is 1. The summed E-state index contributed by atoms with van der Waals surface area (Å²) in [5.74, 6) is 1.21. The first-order valence-corrected chi connectivity index (χ1v) is 11.3. The Hall–Kier alpha value is -3.85. The molecule has 0 saturated heterocycles. The number of anilines is 1. The topological polar surface area (TPSA) is 103 Å². The van der Waals surface area contributed by atoms with Crippen molar-refractivity contribution in [1.82, 2.24) is 0 Å². The molecule has 2 N–H and O–H groups in total. The molecule has 3 aromatic carbocycles. The van der Waals surface area contributed by atoms with Gasteiger partial charge in [0.1, 0.15) is 5.69 Å². The first kappa shape index (κ1) is 23.8. The highest BCUT2D eigenvalue weighted by molar-refractivity contribution is 7.92. The third-order valence-electron chi connectivity index (χ3n) is 4.81. The normalized spacial score (nSPS) is 11.3. The van der Waals surface area contributed by atoms with E-state index >= 15 is 0 Å². The van der Waals surface area contributed by atoms with Crippen LogP contribution in [0, 0.1) is 0 Å². The van der Waals surface area contributed by atoms with Crippen LogP contribution in [0.5, 0.6) is 28.7 Å². The number of hydrogen-bond acceptors (Lipinski definition) is 7. The van der Waals surface area contributed by atoms with Crippen molar-refractivity contribution in [3.05, 3.63) is 65.7 Å². The van der Waals surface area contributed by atoms with Crippen LogP contribution in [-0.2, 0) is 10.0 Å². The molecule has 0 aliphatic rings. The molecular formula is C24H25NO7S. The van der Waals surface area contributed by atoms with Gasteiger partial charge in [-0.2, -0.15) is 0 Å². The fourth-order valence-electron chi connectivity index (χ4n) is 3.21. The molecule has 0 saturated carbocycles. The van der Waals surface area contributed by atoms with Crippen LogP contribution < -0.4 is 23.7 Å². The van der Waals surface area contributed by atoms with Gasteiger partial charge in [0.25, 0.3) is 10.0 Å². The molecular weight excluding hydrogens is 446 g/mol.